The van der Waals surface area contributed by atoms with Crippen molar-refractivity contribution >= 4 is 40.7 Å². The average molecular weight is 444 g/mol. The number of nitrogens with zero attached hydrogens (tertiary/aromatic N) is 1. The summed E-state index contributed by atoms with van der Waals surface area (Å²) in [6, 6.07) is 4.44. The Bertz CT molecular complexity index is 518. The molecule has 140 valence electrons. The summed E-state index contributed by atoms with van der Waals surface area (Å²) in [5.41, 5.74) is 1.38. The van der Waals surface area contributed by atoms with E-state index in [1.54, 1.807) is 14.2 Å². The number of nitrogens with one attached hydrogen (secondary N) is 1. The number of ether oxygens (including phenoxy) is 2. The molecule has 1 aliphatic heterocycles. The molecule has 1 aromatic carbocycles. The van der Waals surface area contributed by atoms with Crippen LogP contribution in [0.1, 0.15) is 32.4 Å². The average Bonchev–Trinajstić information content (AvgIpc) is 2.48. The van der Waals surface area contributed by atoms with E-state index in [0.29, 0.717) is 6.04 Å². The van der Waals surface area contributed by atoms with Crippen molar-refractivity contribution in [3.05, 3.63) is 22.2 Å². The fraction of sp³-hybridized carbons (Fsp3) is 0.647. The first-order valence-electron chi connectivity index (χ1n) is 7.74. The molecule has 1 aromatic rings. The van der Waals surface area contributed by atoms with Crippen molar-refractivity contribution in [1.82, 2.24) is 10.2 Å². The van der Waals surface area contributed by atoms with Crippen molar-refractivity contribution in [3.63, 3.8) is 0 Å². The molecular weight excluding hydrogens is 415 g/mol. The molecule has 0 spiro atoms. The molecular formula is C17H29BrCl2N2O2. The summed E-state index contributed by atoms with van der Waals surface area (Å²) < 4.78 is 12.0. The van der Waals surface area contributed by atoms with Gasteiger partial charge in [0, 0.05) is 36.7 Å². The maximum Gasteiger partial charge on any atom is 0.161 e. The summed E-state index contributed by atoms with van der Waals surface area (Å²) in [5.74, 6) is 1.54. The smallest absolute Gasteiger partial charge is 0.161 e. The summed E-state index contributed by atoms with van der Waals surface area (Å²) in [6.45, 7) is 11.1. The second-order valence-corrected chi connectivity index (χ2v) is 7.64. The molecule has 1 fully saturated rings. The molecule has 1 atom stereocenters. The first-order chi connectivity index (χ1) is 10.4. The standard InChI is InChI=1S/C17H27BrN2O2.2ClH/c1-17(2,3)16(20-8-6-19-7-9-20)12-10-14(21-4)15(22-5)11-13(12)18;;/h10-11,16,19H,6-9H2,1-5H3;2*1H/t16-;;/m1../s1. The molecule has 1 saturated heterocycles. The van der Waals surface area contributed by atoms with Gasteiger partial charge in [0.05, 0.1) is 14.2 Å². The number of piperazine rings is 1. The number of hydrogen-bond donors (Lipinski definition) is 1. The Labute approximate surface area is 166 Å². The summed E-state index contributed by atoms with van der Waals surface area (Å²) in [7, 11) is 3.36. The van der Waals surface area contributed by atoms with Crippen LogP contribution in [0, 0.1) is 5.41 Å². The highest BCUT2D eigenvalue weighted by molar-refractivity contribution is 9.10. The highest BCUT2D eigenvalue weighted by Crippen LogP contribution is 2.44. The topological polar surface area (TPSA) is 33.7 Å². The van der Waals surface area contributed by atoms with Gasteiger partial charge in [-0.2, -0.15) is 0 Å². The molecule has 1 aliphatic rings. The lowest BCUT2D eigenvalue weighted by Gasteiger charge is -2.43. The van der Waals surface area contributed by atoms with Crippen LogP contribution >= 0.6 is 40.7 Å². The van der Waals surface area contributed by atoms with Crippen LogP contribution in [0.15, 0.2) is 16.6 Å². The van der Waals surface area contributed by atoms with Gasteiger partial charge in [0.15, 0.2) is 11.5 Å². The number of methoxy groups -OCH3 is 2. The van der Waals surface area contributed by atoms with E-state index >= 15 is 0 Å². The Morgan fingerprint density at radius 2 is 1.54 bits per heavy atom. The minimum Gasteiger partial charge on any atom is -0.493 e. The maximum absolute atomic E-state index is 5.51. The molecule has 0 radical (unpaired) electrons. The van der Waals surface area contributed by atoms with Crippen LogP contribution in [0.2, 0.25) is 0 Å². The highest BCUT2D eigenvalue weighted by atomic mass is 79.9. The van der Waals surface area contributed by atoms with Gasteiger partial charge in [-0.25, -0.2) is 0 Å². The van der Waals surface area contributed by atoms with Gasteiger partial charge in [-0.3, -0.25) is 4.90 Å². The van der Waals surface area contributed by atoms with E-state index < -0.39 is 0 Å². The van der Waals surface area contributed by atoms with E-state index in [-0.39, 0.29) is 30.2 Å². The Balaban J connectivity index is 0.00000264. The number of rotatable bonds is 4. The third-order valence-electron chi connectivity index (χ3n) is 4.13. The molecule has 0 unspecified atom stereocenters. The van der Waals surface area contributed by atoms with Gasteiger partial charge in [-0.05, 0) is 23.1 Å². The van der Waals surface area contributed by atoms with Gasteiger partial charge in [0.25, 0.3) is 0 Å². The molecule has 24 heavy (non-hydrogen) atoms. The number of hydrogen-bond acceptors (Lipinski definition) is 4. The zero-order valence-corrected chi connectivity index (χ0v) is 18.2. The van der Waals surface area contributed by atoms with Crippen molar-refractivity contribution in [1.29, 1.82) is 0 Å². The second-order valence-electron chi connectivity index (χ2n) is 6.78. The third kappa shape index (κ3) is 5.40. The van der Waals surface area contributed by atoms with Gasteiger partial charge < -0.3 is 14.8 Å². The van der Waals surface area contributed by atoms with E-state index in [2.05, 4.69) is 53.0 Å². The predicted molar refractivity (Wildman–Crippen MR) is 108 cm³/mol. The van der Waals surface area contributed by atoms with Crippen molar-refractivity contribution in [3.8, 4) is 11.5 Å². The van der Waals surface area contributed by atoms with Crippen LogP contribution < -0.4 is 14.8 Å². The van der Waals surface area contributed by atoms with Crippen LogP contribution in [-0.4, -0.2) is 45.3 Å². The number of halogens is 3. The van der Waals surface area contributed by atoms with Gasteiger partial charge in [-0.1, -0.05) is 36.7 Å². The minimum atomic E-state index is 0. The number of benzene rings is 1. The second kappa shape index (κ2) is 10.1. The van der Waals surface area contributed by atoms with E-state index in [1.165, 1.54) is 5.56 Å². The van der Waals surface area contributed by atoms with E-state index in [4.69, 9.17) is 9.47 Å². The zero-order chi connectivity index (χ0) is 16.3. The van der Waals surface area contributed by atoms with Gasteiger partial charge in [0.2, 0.25) is 0 Å². The molecule has 0 bridgehead atoms. The van der Waals surface area contributed by atoms with Gasteiger partial charge in [0.1, 0.15) is 0 Å². The lowest BCUT2D eigenvalue weighted by molar-refractivity contribution is 0.0855. The van der Waals surface area contributed by atoms with Crippen molar-refractivity contribution in [2.24, 2.45) is 5.41 Å². The largest absolute Gasteiger partial charge is 0.493 e. The molecule has 0 aromatic heterocycles. The van der Waals surface area contributed by atoms with E-state index in [1.807, 2.05) is 6.07 Å². The summed E-state index contributed by atoms with van der Waals surface area (Å²) in [6.07, 6.45) is 0. The first kappa shape index (κ1) is 23.8. The fourth-order valence-corrected chi connectivity index (χ4v) is 3.77. The zero-order valence-electron chi connectivity index (χ0n) is 15.0. The molecule has 2 rings (SSSR count). The van der Waals surface area contributed by atoms with Crippen LogP contribution in [0.25, 0.3) is 0 Å². The minimum absolute atomic E-state index is 0. The van der Waals surface area contributed by atoms with E-state index in [0.717, 1.165) is 42.2 Å². The predicted octanol–water partition coefficient (Wildman–Crippen LogP) is 4.30. The van der Waals surface area contributed by atoms with Crippen molar-refractivity contribution in [2.75, 3.05) is 40.4 Å². The van der Waals surface area contributed by atoms with Crippen LogP contribution in [0.3, 0.4) is 0 Å². The molecule has 4 nitrogen and oxygen atoms in total. The lowest BCUT2D eigenvalue weighted by atomic mass is 9.81. The Morgan fingerprint density at radius 1 is 1.04 bits per heavy atom. The summed E-state index contributed by atoms with van der Waals surface area (Å²) >= 11 is 3.73. The molecule has 1 heterocycles. The van der Waals surface area contributed by atoms with Crippen molar-refractivity contribution < 1.29 is 9.47 Å². The molecule has 0 saturated carbocycles. The highest BCUT2D eigenvalue weighted by Gasteiger charge is 2.34. The summed E-state index contributed by atoms with van der Waals surface area (Å²) in [4.78, 5) is 2.56. The first-order valence-corrected chi connectivity index (χ1v) is 8.54. The van der Waals surface area contributed by atoms with Crippen LogP contribution in [-0.2, 0) is 0 Å². The van der Waals surface area contributed by atoms with Gasteiger partial charge >= 0.3 is 0 Å². The molecule has 1 N–H and O–H groups in total. The van der Waals surface area contributed by atoms with Crippen LogP contribution in [0.4, 0.5) is 0 Å². The maximum atomic E-state index is 5.51. The molecule has 7 heteroatoms. The van der Waals surface area contributed by atoms with Gasteiger partial charge in [-0.15, -0.1) is 24.8 Å². The molecule has 0 aliphatic carbocycles. The van der Waals surface area contributed by atoms with Crippen molar-refractivity contribution in [2.45, 2.75) is 26.8 Å². The Kier molecular flexibility index (Phi) is 9.99. The Hall–Kier alpha value is -0.200. The Morgan fingerprint density at radius 3 is 2.00 bits per heavy atom. The van der Waals surface area contributed by atoms with Crippen LogP contribution in [0.5, 0.6) is 11.5 Å². The monoisotopic (exact) mass is 442 g/mol. The molecule has 0 amide bonds. The SMILES string of the molecule is COc1cc(Br)c([C@@H](N2CCNCC2)C(C)(C)C)cc1OC.Cl.Cl. The normalized spacial score (nSPS) is 16.6. The quantitative estimate of drug-likeness (QED) is 0.751. The fourth-order valence-electron chi connectivity index (χ4n) is 3.23. The summed E-state index contributed by atoms with van der Waals surface area (Å²) in [5, 5.41) is 3.43. The third-order valence-corrected chi connectivity index (χ3v) is 4.82. The van der Waals surface area contributed by atoms with E-state index in [9.17, 15) is 0 Å². The lowest BCUT2D eigenvalue weighted by Crippen LogP contribution is -2.48.